The van der Waals surface area contributed by atoms with E-state index in [9.17, 15) is 9.90 Å². The van der Waals surface area contributed by atoms with Crippen LogP contribution in [0.3, 0.4) is 0 Å². The van der Waals surface area contributed by atoms with Gasteiger partial charge in [-0.25, -0.2) is 0 Å². The van der Waals surface area contributed by atoms with Crippen LogP contribution in [0, 0.1) is 6.92 Å². The number of benzene rings is 2. The fourth-order valence-electron chi connectivity index (χ4n) is 2.70. The third-order valence-corrected chi connectivity index (χ3v) is 3.60. The number of phenols is 1. The van der Waals surface area contributed by atoms with E-state index in [-0.39, 0.29) is 36.1 Å². The van der Waals surface area contributed by atoms with Crippen LogP contribution in [0.4, 0.5) is 5.69 Å². The molecule has 0 saturated carbocycles. The molecule has 0 amide bonds. The number of fused-ring (bicyclic) bond motifs is 3. The molecule has 0 aliphatic heterocycles. The van der Waals surface area contributed by atoms with Gasteiger partial charge in [-0.1, -0.05) is 12.1 Å². The van der Waals surface area contributed by atoms with Crippen molar-refractivity contribution in [3.63, 3.8) is 0 Å². The van der Waals surface area contributed by atoms with Gasteiger partial charge in [0, 0.05) is 25.2 Å². The van der Waals surface area contributed by atoms with E-state index in [1.54, 1.807) is 12.1 Å². The largest absolute Gasteiger partial charge is 0.508 e. The number of phenolic OH excluding ortho intramolecular Hbond substituents is 1. The lowest BCUT2D eigenvalue weighted by Gasteiger charge is -2.16. The highest BCUT2D eigenvalue weighted by molar-refractivity contribution is 6.10. The second kappa shape index (κ2) is 6.46. The van der Waals surface area contributed by atoms with E-state index in [1.165, 1.54) is 0 Å². The molecule has 2 aromatic carbocycles. The maximum Gasteiger partial charge on any atom is 0.258 e. The van der Waals surface area contributed by atoms with Gasteiger partial charge in [-0.3, -0.25) is 4.79 Å². The van der Waals surface area contributed by atoms with Gasteiger partial charge in [0.15, 0.2) is 0 Å². The number of aromatic nitrogens is 1. The summed E-state index contributed by atoms with van der Waals surface area (Å²) in [5, 5.41) is 12.2. The minimum Gasteiger partial charge on any atom is -0.508 e. The highest BCUT2D eigenvalue weighted by atomic mass is 35.5. The second-order valence-corrected chi connectivity index (χ2v) is 5.23. The number of halogens is 2. The summed E-state index contributed by atoms with van der Waals surface area (Å²) in [5.41, 5.74) is 2.39. The zero-order valence-corrected chi connectivity index (χ0v) is 14.1. The highest BCUT2D eigenvalue weighted by Crippen LogP contribution is 2.31. The van der Waals surface area contributed by atoms with Crippen molar-refractivity contribution in [1.29, 1.82) is 0 Å². The molecular formula is C16H18Cl2N2O2. The Balaban J connectivity index is 0.00000121. The summed E-state index contributed by atoms with van der Waals surface area (Å²) >= 11 is 0. The molecule has 0 saturated heterocycles. The summed E-state index contributed by atoms with van der Waals surface area (Å²) < 4.78 is 0. The van der Waals surface area contributed by atoms with Gasteiger partial charge >= 0.3 is 0 Å². The number of H-pyrrole nitrogens is 1. The van der Waals surface area contributed by atoms with Crippen LogP contribution in [-0.2, 0) is 0 Å². The van der Waals surface area contributed by atoms with Crippen molar-refractivity contribution >= 4 is 52.2 Å². The first kappa shape index (κ1) is 18.1. The predicted octanol–water partition coefficient (Wildman–Crippen LogP) is 3.60. The monoisotopic (exact) mass is 340 g/mol. The van der Waals surface area contributed by atoms with Crippen LogP contribution in [0.5, 0.6) is 5.75 Å². The van der Waals surface area contributed by atoms with Crippen molar-refractivity contribution in [2.24, 2.45) is 0 Å². The lowest BCUT2D eigenvalue weighted by molar-refractivity contribution is 0.476. The van der Waals surface area contributed by atoms with Crippen molar-refractivity contribution in [2.45, 2.75) is 6.92 Å². The van der Waals surface area contributed by atoms with Crippen LogP contribution in [0.25, 0.3) is 21.7 Å². The van der Waals surface area contributed by atoms with Crippen LogP contribution >= 0.6 is 24.8 Å². The van der Waals surface area contributed by atoms with Gasteiger partial charge < -0.3 is 15.0 Å². The van der Waals surface area contributed by atoms with Crippen LogP contribution in [0.1, 0.15) is 5.56 Å². The van der Waals surface area contributed by atoms with Crippen molar-refractivity contribution in [3.05, 3.63) is 46.2 Å². The summed E-state index contributed by atoms with van der Waals surface area (Å²) in [7, 11) is 3.82. The molecule has 0 aliphatic carbocycles. The lowest BCUT2D eigenvalue weighted by atomic mass is 10.0. The maximum atomic E-state index is 12.4. The number of rotatable bonds is 1. The number of nitrogens with one attached hydrogen (secondary N) is 1. The van der Waals surface area contributed by atoms with Crippen LogP contribution in [0.2, 0.25) is 0 Å². The van der Waals surface area contributed by atoms with E-state index in [4.69, 9.17) is 0 Å². The molecule has 3 aromatic rings. The first-order valence-electron chi connectivity index (χ1n) is 6.44. The molecule has 0 fully saturated rings. The average molecular weight is 341 g/mol. The van der Waals surface area contributed by atoms with E-state index in [1.807, 2.05) is 44.1 Å². The summed E-state index contributed by atoms with van der Waals surface area (Å²) in [6.07, 6.45) is 0. The summed E-state index contributed by atoms with van der Waals surface area (Å²) in [6, 6.07) is 9.10. The number of hydrogen-bond acceptors (Lipinski definition) is 3. The van der Waals surface area contributed by atoms with E-state index >= 15 is 0 Å². The molecule has 3 rings (SSSR count). The summed E-state index contributed by atoms with van der Waals surface area (Å²) in [6.45, 7) is 1.87. The zero-order valence-electron chi connectivity index (χ0n) is 12.5. The number of nitrogens with zero attached hydrogens (tertiary/aromatic N) is 1. The highest BCUT2D eigenvalue weighted by Gasteiger charge is 2.12. The Morgan fingerprint density at radius 2 is 1.77 bits per heavy atom. The molecule has 4 nitrogen and oxygen atoms in total. The first-order valence-corrected chi connectivity index (χ1v) is 6.44. The van der Waals surface area contributed by atoms with Crippen molar-refractivity contribution in [3.8, 4) is 5.75 Å². The third kappa shape index (κ3) is 2.72. The van der Waals surface area contributed by atoms with E-state index in [0.717, 1.165) is 27.5 Å². The Morgan fingerprint density at radius 3 is 2.41 bits per heavy atom. The van der Waals surface area contributed by atoms with Gasteiger partial charge in [-0.15, -0.1) is 24.8 Å². The molecule has 2 N–H and O–H groups in total. The van der Waals surface area contributed by atoms with Crippen molar-refractivity contribution in [2.75, 3.05) is 19.0 Å². The molecule has 0 aliphatic rings. The van der Waals surface area contributed by atoms with E-state index in [2.05, 4.69) is 4.98 Å². The fourth-order valence-corrected chi connectivity index (χ4v) is 2.70. The number of aryl methyl sites for hydroxylation is 1. The van der Waals surface area contributed by atoms with Gasteiger partial charge in [-0.05, 0) is 36.1 Å². The molecule has 0 unspecified atom stereocenters. The Kier molecular flexibility index (Phi) is 5.33. The second-order valence-electron chi connectivity index (χ2n) is 5.23. The number of aromatic hydroxyl groups is 1. The molecule has 22 heavy (non-hydrogen) atoms. The number of hydrogen-bond donors (Lipinski definition) is 2. The fraction of sp³-hybridized carbons (Fsp3) is 0.188. The van der Waals surface area contributed by atoms with E-state index < -0.39 is 0 Å². The first-order chi connectivity index (χ1) is 9.49. The molecule has 6 heteroatoms. The van der Waals surface area contributed by atoms with Gasteiger partial charge in [0.25, 0.3) is 5.56 Å². The SMILES string of the molecule is Cc1cc(O)cc2c1[nH]c(=O)c1c(N(C)C)cccc12.Cl.Cl. The Morgan fingerprint density at radius 1 is 1.09 bits per heavy atom. The number of aromatic amines is 1. The molecular weight excluding hydrogens is 323 g/mol. The van der Waals surface area contributed by atoms with Crippen molar-refractivity contribution in [1.82, 2.24) is 4.98 Å². The molecule has 1 heterocycles. The molecule has 0 bridgehead atoms. The Hall–Kier alpha value is -1.91. The number of pyridine rings is 1. The van der Waals surface area contributed by atoms with Gasteiger partial charge in [0.1, 0.15) is 5.75 Å². The average Bonchev–Trinajstić information content (AvgIpc) is 2.39. The normalized spacial score (nSPS) is 10.1. The Labute approximate surface area is 140 Å². The number of anilines is 1. The van der Waals surface area contributed by atoms with Gasteiger partial charge in [-0.2, -0.15) is 0 Å². The lowest BCUT2D eigenvalue weighted by Crippen LogP contribution is -2.15. The molecule has 0 spiro atoms. The molecule has 1 aromatic heterocycles. The minimum absolute atomic E-state index is 0. The smallest absolute Gasteiger partial charge is 0.258 e. The molecule has 0 atom stereocenters. The van der Waals surface area contributed by atoms with Gasteiger partial charge in [0.05, 0.1) is 10.9 Å². The zero-order chi connectivity index (χ0) is 14.4. The topological polar surface area (TPSA) is 56.3 Å². The van der Waals surface area contributed by atoms with E-state index in [0.29, 0.717) is 5.39 Å². The summed E-state index contributed by atoms with van der Waals surface area (Å²) in [4.78, 5) is 17.3. The van der Waals surface area contributed by atoms with Gasteiger partial charge in [0.2, 0.25) is 0 Å². The van der Waals surface area contributed by atoms with Crippen molar-refractivity contribution < 1.29 is 5.11 Å². The molecule has 0 radical (unpaired) electrons. The minimum atomic E-state index is -0.106. The standard InChI is InChI=1S/C16H16N2O2.2ClH/c1-9-7-10(19)8-12-11-5-4-6-13(18(2)3)14(11)16(20)17-15(9)12;;/h4-8,19H,1-3H3,(H,17,20);2*1H. The van der Waals surface area contributed by atoms with Crippen LogP contribution < -0.4 is 10.5 Å². The summed E-state index contributed by atoms with van der Waals surface area (Å²) in [5.74, 6) is 0.207. The third-order valence-electron chi connectivity index (χ3n) is 3.60. The van der Waals surface area contributed by atoms with Crippen LogP contribution in [-0.4, -0.2) is 24.2 Å². The van der Waals surface area contributed by atoms with Crippen LogP contribution in [0.15, 0.2) is 35.1 Å². The quantitative estimate of drug-likeness (QED) is 0.665. The predicted molar refractivity (Wildman–Crippen MR) is 97.3 cm³/mol. The molecule has 118 valence electrons. The Bertz CT molecular complexity index is 889. The maximum absolute atomic E-state index is 12.4.